The Morgan fingerprint density at radius 2 is 1.45 bits per heavy atom. The Labute approximate surface area is 291 Å². The van der Waals surface area contributed by atoms with Crippen LogP contribution in [0.2, 0.25) is 0 Å². The van der Waals surface area contributed by atoms with Crippen LogP contribution in [0.5, 0.6) is 0 Å². The third-order valence-electron chi connectivity index (χ3n) is 7.68. The fourth-order valence-corrected chi connectivity index (χ4v) is 5.18. The van der Waals surface area contributed by atoms with Gasteiger partial charge in [-0.15, -0.1) is 0 Å². The number of hydrogen-bond donors (Lipinski definition) is 2. The van der Waals surface area contributed by atoms with Crippen molar-refractivity contribution < 1.29 is 23.9 Å². The van der Waals surface area contributed by atoms with Crippen LogP contribution in [0.3, 0.4) is 0 Å². The van der Waals surface area contributed by atoms with Crippen LogP contribution in [0.15, 0.2) is 84.9 Å². The molecule has 0 saturated heterocycles. The van der Waals surface area contributed by atoms with Crippen molar-refractivity contribution in [2.75, 3.05) is 27.7 Å². The van der Waals surface area contributed by atoms with Crippen LogP contribution in [0.4, 0.5) is 4.79 Å². The molecule has 2 atom stereocenters. The fourth-order valence-electron chi connectivity index (χ4n) is 5.01. The van der Waals surface area contributed by atoms with Gasteiger partial charge in [0.25, 0.3) is 0 Å². The van der Waals surface area contributed by atoms with Gasteiger partial charge in [0.05, 0.1) is 0 Å². The first-order valence-corrected chi connectivity index (χ1v) is 16.2. The summed E-state index contributed by atoms with van der Waals surface area (Å²) in [5.74, 6) is -1.12. The highest BCUT2D eigenvalue weighted by atomic mass is 35.6. The summed E-state index contributed by atoms with van der Waals surface area (Å²) in [6, 6.07) is 21.5. The molecule has 4 amide bonds. The number of ether oxygens (including phenoxy) is 1. The third-order valence-corrected chi connectivity index (χ3v) is 8.00. The molecule has 0 radical (unpaired) electrons. The molecule has 0 unspecified atom stereocenters. The SMILES string of the molecule is CNC(=O)[C@@H](Cc1ccccc1)N(C)C(=O)[C@@H](Cc1ccc2ccccc2c1)N(C)C(=O)C=CCC(C)(C)NC(=O)OCC(Cl)(Cl)Cl. The summed E-state index contributed by atoms with van der Waals surface area (Å²) in [4.78, 5) is 55.7. The lowest BCUT2D eigenvalue weighted by Crippen LogP contribution is -2.55. The molecule has 0 aliphatic heterocycles. The summed E-state index contributed by atoms with van der Waals surface area (Å²) in [7, 11) is 4.68. The highest BCUT2D eigenvalue weighted by Gasteiger charge is 2.34. The minimum atomic E-state index is -1.74. The van der Waals surface area contributed by atoms with Gasteiger partial charge >= 0.3 is 6.09 Å². The number of fused-ring (bicyclic) bond motifs is 1. The van der Waals surface area contributed by atoms with Gasteiger partial charge in [0.1, 0.15) is 18.7 Å². The molecule has 0 spiro atoms. The molecule has 47 heavy (non-hydrogen) atoms. The van der Waals surface area contributed by atoms with E-state index in [1.165, 1.54) is 22.9 Å². The maximum atomic E-state index is 14.2. The summed E-state index contributed by atoms with van der Waals surface area (Å²) in [6.45, 7) is 3.06. The van der Waals surface area contributed by atoms with Crippen LogP contribution < -0.4 is 10.6 Å². The van der Waals surface area contributed by atoms with Gasteiger partial charge in [-0.05, 0) is 48.2 Å². The van der Waals surface area contributed by atoms with Crippen molar-refractivity contribution in [1.29, 1.82) is 0 Å². The molecule has 2 N–H and O–H groups in total. The highest BCUT2D eigenvalue weighted by molar-refractivity contribution is 6.67. The molecule has 0 heterocycles. The van der Waals surface area contributed by atoms with E-state index in [4.69, 9.17) is 39.5 Å². The number of rotatable bonds is 13. The number of benzene rings is 3. The molecule has 3 aromatic rings. The van der Waals surface area contributed by atoms with Gasteiger partial charge in [-0.2, -0.15) is 0 Å². The van der Waals surface area contributed by atoms with Gasteiger partial charge in [0.15, 0.2) is 0 Å². The Hall–Kier alpha value is -3.79. The molecule has 3 rings (SSSR count). The van der Waals surface area contributed by atoms with E-state index in [0.29, 0.717) is 6.42 Å². The molecule has 9 nitrogen and oxygen atoms in total. The Balaban J connectivity index is 1.84. The van der Waals surface area contributed by atoms with Crippen LogP contribution in [0, 0.1) is 0 Å². The highest BCUT2D eigenvalue weighted by Crippen LogP contribution is 2.26. The monoisotopic (exact) mass is 702 g/mol. The number of alkyl carbamates (subject to hydrolysis) is 1. The van der Waals surface area contributed by atoms with Crippen molar-refractivity contribution >= 4 is 69.4 Å². The van der Waals surface area contributed by atoms with E-state index in [0.717, 1.165) is 21.9 Å². The molecule has 0 aliphatic carbocycles. The first-order valence-electron chi connectivity index (χ1n) is 15.0. The zero-order valence-corrected chi connectivity index (χ0v) is 29.4. The van der Waals surface area contributed by atoms with E-state index in [1.54, 1.807) is 34.0 Å². The summed E-state index contributed by atoms with van der Waals surface area (Å²) >= 11 is 16.9. The number of nitrogens with one attached hydrogen (secondary N) is 2. The molecule has 0 aromatic heterocycles. The van der Waals surface area contributed by atoms with Gasteiger partial charge in [-0.1, -0.05) is 114 Å². The Kier molecular flexibility index (Phi) is 13.5. The number of amides is 4. The van der Waals surface area contributed by atoms with Crippen molar-refractivity contribution in [2.45, 2.75) is 54.5 Å². The topological polar surface area (TPSA) is 108 Å². The predicted molar refractivity (Wildman–Crippen MR) is 188 cm³/mol. The standard InChI is InChI=1S/C35H41Cl3N4O5/c1-34(2,40-33(46)47-23-35(36,37)38)19-11-16-30(43)41(4)29(22-25-17-18-26-14-9-10-15-27(26)20-25)32(45)42(5)28(31(44)39-3)21-24-12-7-6-8-13-24/h6-18,20,28-29H,19,21-23H2,1-5H3,(H,39,44)(H,40,46)/t28-,29-/m1/s1. The van der Waals surface area contributed by atoms with Gasteiger partial charge in [-0.25, -0.2) is 4.79 Å². The van der Waals surface area contributed by atoms with Gasteiger partial charge in [0.2, 0.25) is 21.5 Å². The lowest BCUT2D eigenvalue weighted by molar-refractivity contribution is -0.146. The molecular formula is C35H41Cl3N4O5. The lowest BCUT2D eigenvalue weighted by Gasteiger charge is -2.34. The largest absolute Gasteiger partial charge is 0.445 e. The van der Waals surface area contributed by atoms with Gasteiger partial charge < -0.3 is 25.2 Å². The van der Waals surface area contributed by atoms with E-state index >= 15 is 0 Å². The number of halogens is 3. The number of hydrogen-bond acceptors (Lipinski definition) is 5. The van der Waals surface area contributed by atoms with Crippen molar-refractivity contribution in [3.05, 3.63) is 96.1 Å². The second-order valence-electron chi connectivity index (χ2n) is 11.9. The summed E-state index contributed by atoms with van der Waals surface area (Å²) in [5, 5.41) is 7.40. The van der Waals surface area contributed by atoms with E-state index in [-0.39, 0.29) is 24.7 Å². The number of carbonyl (C=O) groups is 4. The van der Waals surface area contributed by atoms with Gasteiger partial charge in [0, 0.05) is 39.5 Å². The number of nitrogens with zero attached hydrogens (tertiary/aromatic N) is 2. The zero-order chi connectivity index (χ0) is 34.8. The third kappa shape index (κ3) is 11.8. The smallest absolute Gasteiger partial charge is 0.407 e. The van der Waals surface area contributed by atoms with E-state index in [9.17, 15) is 19.2 Å². The lowest BCUT2D eigenvalue weighted by atomic mass is 9.98. The molecule has 0 bridgehead atoms. The first kappa shape index (κ1) is 37.7. The van der Waals surface area contributed by atoms with Crippen molar-refractivity contribution in [1.82, 2.24) is 20.4 Å². The second kappa shape index (κ2) is 16.9. The van der Waals surface area contributed by atoms with Crippen molar-refractivity contribution in [2.24, 2.45) is 0 Å². The minimum absolute atomic E-state index is 0.220. The second-order valence-corrected chi connectivity index (χ2v) is 14.4. The van der Waals surface area contributed by atoms with Crippen molar-refractivity contribution in [3.63, 3.8) is 0 Å². The molecule has 0 saturated carbocycles. The van der Waals surface area contributed by atoms with E-state index < -0.39 is 40.0 Å². The summed E-state index contributed by atoms with van der Waals surface area (Å²) < 4.78 is 3.20. The summed E-state index contributed by atoms with van der Waals surface area (Å²) in [6.07, 6.45) is 2.97. The van der Waals surface area contributed by atoms with Crippen LogP contribution in [-0.4, -0.2) is 82.8 Å². The minimum Gasteiger partial charge on any atom is -0.445 e. The van der Waals surface area contributed by atoms with E-state index in [2.05, 4.69) is 10.6 Å². The van der Waals surface area contributed by atoms with Crippen LogP contribution >= 0.6 is 34.8 Å². The fraction of sp³-hybridized carbons (Fsp3) is 0.371. The Morgan fingerprint density at radius 3 is 2.09 bits per heavy atom. The molecule has 0 aliphatic rings. The van der Waals surface area contributed by atoms with Crippen LogP contribution in [-0.2, 0) is 32.0 Å². The number of likely N-dealkylation sites (N-methyl/N-ethyl adjacent to an activating group) is 3. The predicted octanol–water partition coefficient (Wildman–Crippen LogP) is 5.85. The number of alkyl halides is 3. The molecule has 0 fully saturated rings. The maximum Gasteiger partial charge on any atom is 0.407 e. The Morgan fingerprint density at radius 1 is 0.830 bits per heavy atom. The molecule has 12 heteroatoms. The molecular weight excluding hydrogens is 663 g/mol. The Bertz CT molecular complexity index is 1580. The average molecular weight is 704 g/mol. The zero-order valence-electron chi connectivity index (χ0n) is 27.1. The normalized spacial score (nSPS) is 13.1. The van der Waals surface area contributed by atoms with E-state index in [1.807, 2.05) is 72.8 Å². The van der Waals surface area contributed by atoms with Crippen molar-refractivity contribution in [3.8, 4) is 0 Å². The maximum absolute atomic E-state index is 14.2. The van der Waals surface area contributed by atoms with Crippen LogP contribution in [0.25, 0.3) is 10.8 Å². The summed E-state index contributed by atoms with van der Waals surface area (Å²) in [5.41, 5.74) is 0.947. The number of carbonyl (C=O) groups excluding carboxylic acids is 4. The first-order chi connectivity index (χ1) is 22.1. The molecule has 3 aromatic carbocycles. The van der Waals surface area contributed by atoms with Gasteiger partial charge in [-0.3, -0.25) is 14.4 Å². The molecule has 252 valence electrons. The average Bonchev–Trinajstić information content (AvgIpc) is 3.03. The quantitative estimate of drug-likeness (QED) is 0.172. The van der Waals surface area contributed by atoms with Crippen LogP contribution in [0.1, 0.15) is 31.4 Å².